The third-order valence-corrected chi connectivity index (χ3v) is 3.18. The first-order valence-corrected chi connectivity index (χ1v) is 6.32. The lowest BCUT2D eigenvalue weighted by atomic mass is 10.0. The average Bonchev–Trinajstić information content (AvgIpc) is 3.08. The number of hydrogen-bond donors (Lipinski definition) is 2. The first-order valence-electron chi connectivity index (χ1n) is 6.32. The number of amides is 2. The van der Waals surface area contributed by atoms with E-state index in [-0.39, 0.29) is 17.7 Å². The Morgan fingerprint density at radius 2 is 1.71 bits per heavy atom. The summed E-state index contributed by atoms with van der Waals surface area (Å²) in [4.78, 5) is 24.1. The summed E-state index contributed by atoms with van der Waals surface area (Å²) >= 11 is 0. The number of allylic oxidation sites excluding steroid dienone is 1. The van der Waals surface area contributed by atoms with Crippen LogP contribution in [0.5, 0.6) is 0 Å². The molecule has 0 aromatic rings. The van der Waals surface area contributed by atoms with Crippen LogP contribution in [0.4, 0.5) is 0 Å². The third kappa shape index (κ3) is 2.68. The van der Waals surface area contributed by atoms with Gasteiger partial charge in [0.05, 0.1) is 0 Å². The SMILES string of the molecule is C=CC1CC1(C(=O)NCCC)C(=O)NCCC. The van der Waals surface area contributed by atoms with E-state index in [9.17, 15) is 9.59 Å². The van der Waals surface area contributed by atoms with Crippen molar-refractivity contribution in [2.24, 2.45) is 11.3 Å². The maximum atomic E-state index is 12.0. The second-order valence-corrected chi connectivity index (χ2v) is 4.53. The lowest BCUT2D eigenvalue weighted by Gasteiger charge is -2.16. The van der Waals surface area contributed by atoms with Gasteiger partial charge in [-0.2, -0.15) is 0 Å². The Bertz CT molecular complexity index is 293. The van der Waals surface area contributed by atoms with Gasteiger partial charge in [0.25, 0.3) is 0 Å². The van der Waals surface area contributed by atoms with Crippen molar-refractivity contribution in [2.75, 3.05) is 13.1 Å². The molecule has 4 nitrogen and oxygen atoms in total. The van der Waals surface area contributed by atoms with Crippen LogP contribution in [0, 0.1) is 11.3 Å². The molecule has 0 spiro atoms. The summed E-state index contributed by atoms with van der Waals surface area (Å²) in [7, 11) is 0. The summed E-state index contributed by atoms with van der Waals surface area (Å²) in [5, 5.41) is 5.62. The maximum Gasteiger partial charge on any atom is 0.236 e. The van der Waals surface area contributed by atoms with Gasteiger partial charge >= 0.3 is 0 Å². The van der Waals surface area contributed by atoms with E-state index in [0.717, 1.165) is 12.8 Å². The fourth-order valence-corrected chi connectivity index (χ4v) is 1.99. The summed E-state index contributed by atoms with van der Waals surface area (Å²) < 4.78 is 0. The molecule has 1 rings (SSSR count). The molecule has 1 saturated carbocycles. The molecule has 2 N–H and O–H groups in total. The van der Waals surface area contributed by atoms with Crippen molar-refractivity contribution >= 4 is 11.8 Å². The standard InChI is InChI=1S/C13H22N2O2/c1-4-7-14-11(16)13(9-10(13)6-3)12(17)15-8-5-2/h6,10H,3-5,7-9H2,1-2H3,(H,14,16)(H,15,17). The molecule has 4 heteroatoms. The maximum absolute atomic E-state index is 12.0. The second kappa shape index (κ2) is 5.84. The van der Waals surface area contributed by atoms with Crippen molar-refractivity contribution in [1.82, 2.24) is 10.6 Å². The molecule has 0 saturated heterocycles. The molecule has 0 aromatic heterocycles. The predicted molar refractivity (Wildman–Crippen MR) is 67.3 cm³/mol. The van der Waals surface area contributed by atoms with Gasteiger partial charge in [0.1, 0.15) is 5.41 Å². The van der Waals surface area contributed by atoms with Gasteiger partial charge < -0.3 is 10.6 Å². The molecule has 17 heavy (non-hydrogen) atoms. The van der Waals surface area contributed by atoms with Gasteiger partial charge in [-0.25, -0.2) is 0 Å². The Hall–Kier alpha value is -1.32. The summed E-state index contributed by atoms with van der Waals surface area (Å²) in [6, 6.07) is 0. The molecular formula is C13H22N2O2. The molecule has 0 aromatic carbocycles. The average molecular weight is 238 g/mol. The number of nitrogens with one attached hydrogen (secondary N) is 2. The second-order valence-electron chi connectivity index (χ2n) is 4.53. The Morgan fingerprint density at radius 3 is 2.00 bits per heavy atom. The quantitative estimate of drug-likeness (QED) is 0.518. The molecule has 0 heterocycles. The summed E-state index contributed by atoms with van der Waals surface area (Å²) in [6.45, 7) is 8.89. The Morgan fingerprint density at radius 1 is 1.24 bits per heavy atom. The van der Waals surface area contributed by atoms with Crippen LogP contribution < -0.4 is 10.6 Å². The van der Waals surface area contributed by atoms with Gasteiger partial charge in [0, 0.05) is 19.0 Å². The molecule has 0 bridgehead atoms. The van der Waals surface area contributed by atoms with Crippen LogP contribution in [0.2, 0.25) is 0 Å². The van der Waals surface area contributed by atoms with E-state index in [4.69, 9.17) is 0 Å². The molecule has 0 radical (unpaired) electrons. The smallest absolute Gasteiger partial charge is 0.236 e. The van der Waals surface area contributed by atoms with Gasteiger partial charge in [0.15, 0.2) is 0 Å². The molecule has 2 amide bonds. The van der Waals surface area contributed by atoms with Crippen molar-refractivity contribution < 1.29 is 9.59 Å². The fourth-order valence-electron chi connectivity index (χ4n) is 1.99. The number of hydrogen-bond acceptors (Lipinski definition) is 2. The van der Waals surface area contributed by atoms with Gasteiger partial charge in [-0.3, -0.25) is 9.59 Å². The summed E-state index contributed by atoms with van der Waals surface area (Å²) in [5.74, 6) is -0.327. The molecule has 0 aliphatic heterocycles. The molecule has 1 atom stereocenters. The molecule has 96 valence electrons. The highest BCUT2D eigenvalue weighted by Crippen LogP contribution is 2.53. The molecule has 1 aliphatic rings. The monoisotopic (exact) mass is 238 g/mol. The van der Waals surface area contributed by atoms with Crippen molar-refractivity contribution in [1.29, 1.82) is 0 Å². The van der Waals surface area contributed by atoms with Gasteiger partial charge in [-0.1, -0.05) is 19.9 Å². The number of rotatable bonds is 7. The predicted octanol–water partition coefficient (Wildman–Crippen LogP) is 1.23. The lowest BCUT2D eigenvalue weighted by molar-refractivity contribution is -0.137. The van der Waals surface area contributed by atoms with Gasteiger partial charge in [-0.15, -0.1) is 6.58 Å². The van der Waals surface area contributed by atoms with E-state index in [1.807, 2.05) is 13.8 Å². The molecule has 1 unspecified atom stereocenters. The zero-order valence-corrected chi connectivity index (χ0v) is 10.7. The number of carbonyl (C=O) groups excluding carboxylic acids is 2. The Kier molecular flexibility index (Phi) is 4.73. The highest BCUT2D eigenvalue weighted by atomic mass is 16.2. The summed E-state index contributed by atoms with van der Waals surface area (Å²) in [5.41, 5.74) is -0.883. The normalized spacial score (nSPS) is 20.5. The Labute approximate surface area is 103 Å². The number of carbonyl (C=O) groups is 2. The minimum atomic E-state index is -0.883. The van der Waals surface area contributed by atoms with E-state index in [2.05, 4.69) is 17.2 Å². The molecular weight excluding hydrogens is 216 g/mol. The largest absolute Gasteiger partial charge is 0.355 e. The van der Waals surface area contributed by atoms with Crippen molar-refractivity contribution in [3.05, 3.63) is 12.7 Å². The highest BCUT2D eigenvalue weighted by molar-refractivity contribution is 6.08. The minimum absolute atomic E-state index is 0.0174. The van der Waals surface area contributed by atoms with Crippen LogP contribution >= 0.6 is 0 Å². The fraction of sp³-hybridized carbons (Fsp3) is 0.692. The van der Waals surface area contributed by atoms with Crippen LogP contribution in [0.3, 0.4) is 0 Å². The molecule has 1 aliphatic carbocycles. The minimum Gasteiger partial charge on any atom is -0.355 e. The molecule has 1 fully saturated rings. The van der Waals surface area contributed by atoms with E-state index >= 15 is 0 Å². The van der Waals surface area contributed by atoms with E-state index in [1.54, 1.807) is 6.08 Å². The third-order valence-electron chi connectivity index (χ3n) is 3.18. The van der Waals surface area contributed by atoms with E-state index in [1.165, 1.54) is 0 Å². The van der Waals surface area contributed by atoms with E-state index < -0.39 is 5.41 Å². The van der Waals surface area contributed by atoms with Crippen LogP contribution in [0.1, 0.15) is 33.1 Å². The lowest BCUT2D eigenvalue weighted by Crippen LogP contribution is -2.44. The summed E-state index contributed by atoms with van der Waals surface area (Å²) in [6.07, 6.45) is 4.03. The topological polar surface area (TPSA) is 58.2 Å². The van der Waals surface area contributed by atoms with Crippen LogP contribution in [0.15, 0.2) is 12.7 Å². The zero-order valence-electron chi connectivity index (χ0n) is 10.7. The van der Waals surface area contributed by atoms with Crippen molar-refractivity contribution in [3.8, 4) is 0 Å². The van der Waals surface area contributed by atoms with Crippen LogP contribution in [-0.2, 0) is 9.59 Å². The Balaban J connectivity index is 2.67. The van der Waals surface area contributed by atoms with E-state index in [0.29, 0.717) is 19.5 Å². The first-order chi connectivity index (χ1) is 8.13. The first kappa shape index (κ1) is 13.7. The zero-order chi connectivity index (χ0) is 12.9. The van der Waals surface area contributed by atoms with Gasteiger partial charge in [0.2, 0.25) is 11.8 Å². The van der Waals surface area contributed by atoms with Crippen LogP contribution in [0.25, 0.3) is 0 Å². The van der Waals surface area contributed by atoms with Crippen LogP contribution in [-0.4, -0.2) is 24.9 Å². The van der Waals surface area contributed by atoms with Crippen molar-refractivity contribution in [2.45, 2.75) is 33.1 Å². The van der Waals surface area contributed by atoms with Crippen molar-refractivity contribution in [3.63, 3.8) is 0 Å². The highest BCUT2D eigenvalue weighted by Gasteiger charge is 2.63. The van der Waals surface area contributed by atoms with Gasteiger partial charge in [-0.05, 0) is 19.3 Å².